The van der Waals surface area contributed by atoms with Gasteiger partial charge in [-0.2, -0.15) is 13.2 Å². The van der Waals surface area contributed by atoms with Crippen LogP contribution in [0.1, 0.15) is 29.2 Å². The molecule has 22 heavy (non-hydrogen) atoms. The minimum absolute atomic E-state index is 0.0861. The highest BCUT2D eigenvalue weighted by atomic mass is 32.1. The fourth-order valence-electron chi connectivity index (χ4n) is 1.67. The average molecular weight is 330 g/mol. The quantitative estimate of drug-likeness (QED) is 0.683. The monoisotopic (exact) mass is 330 g/mol. The molecule has 8 heteroatoms. The van der Waals surface area contributed by atoms with E-state index in [1.165, 1.54) is 0 Å². The maximum absolute atomic E-state index is 13.1. The van der Waals surface area contributed by atoms with Crippen molar-refractivity contribution in [2.45, 2.75) is 26.1 Å². The normalized spacial score (nSPS) is 11.7. The van der Waals surface area contributed by atoms with Crippen LogP contribution in [-0.4, -0.2) is 17.1 Å². The molecule has 0 spiro atoms. The van der Waals surface area contributed by atoms with Gasteiger partial charge in [0.15, 0.2) is 5.69 Å². The van der Waals surface area contributed by atoms with Crippen molar-refractivity contribution < 1.29 is 22.7 Å². The van der Waals surface area contributed by atoms with E-state index in [0.717, 1.165) is 0 Å². The molecule has 0 bridgehead atoms. The number of carbonyl (C=O) groups excluding carboxylic acids is 1. The Bertz CT molecular complexity index is 678. The fraction of sp³-hybridized carbons (Fsp3) is 0.286. The Kier molecular flexibility index (Phi) is 4.41. The van der Waals surface area contributed by atoms with Crippen LogP contribution in [0.3, 0.4) is 0 Å². The summed E-state index contributed by atoms with van der Waals surface area (Å²) in [4.78, 5) is 14.9. The molecule has 0 aliphatic heterocycles. The maximum Gasteiger partial charge on any atom is 0.435 e. The highest BCUT2D eigenvalue weighted by Crippen LogP contribution is 2.38. The molecule has 0 unspecified atom stereocenters. The van der Waals surface area contributed by atoms with E-state index < -0.39 is 28.8 Å². The zero-order valence-corrected chi connectivity index (χ0v) is 12.6. The Hall–Kier alpha value is -2.09. The Morgan fingerprint density at radius 1 is 1.27 bits per heavy atom. The van der Waals surface area contributed by atoms with Crippen molar-refractivity contribution in [3.05, 3.63) is 34.8 Å². The van der Waals surface area contributed by atoms with Crippen molar-refractivity contribution in [1.82, 2.24) is 4.98 Å². The first kappa shape index (κ1) is 16.3. The molecule has 0 atom stereocenters. The summed E-state index contributed by atoms with van der Waals surface area (Å²) in [5.41, 5.74) is 5.25. The number of carbonyl (C=O) groups is 1. The van der Waals surface area contributed by atoms with Crippen LogP contribution in [-0.2, 0) is 10.9 Å². The zero-order valence-electron chi connectivity index (χ0n) is 11.8. The third kappa shape index (κ3) is 3.56. The van der Waals surface area contributed by atoms with Gasteiger partial charge in [-0.25, -0.2) is 9.78 Å². The van der Waals surface area contributed by atoms with Crippen LogP contribution in [0.4, 0.5) is 18.9 Å². The second-order valence-corrected chi connectivity index (χ2v) is 5.77. The minimum Gasteiger partial charge on any atom is -0.459 e. The van der Waals surface area contributed by atoms with Crippen LogP contribution in [0.5, 0.6) is 0 Å². The van der Waals surface area contributed by atoms with Gasteiger partial charge in [-0.05, 0) is 38.1 Å². The van der Waals surface area contributed by atoms with Crippen molar-refractivity contribution >= 4 is 23.0 Å². The van der Waals surface area contributed by atoms with Crippen LogP contribution < -0.4 is 5.73 Å². The molecule has 2 N–H and O–H groups in total. The molecule has 0 saturated heterocycles. The van der Waals surface area contributed by atoms with E-state index in [1.807, 2.05) is 0 Å². The number of halogens is 3. The summed E-state index contributed by atoms with van der Waals surface area (Å²) in [5.74, 6) is -1.03. The Balaban J connectivity index is 2.48. The number of benzene rings is 1. The molecule has 4 nitrogen and oxygen atoms in total. The molecule has 118 valence electrons. The van der Waals surface area contributed by atoms with Crippen LogP contribution >= 0.6 is 11.3 Å². The number of hydrogen-bond acceptors (Lipinski definition) is 5. The molecule has 0 radical (unpaired) electrons. The minimum atomic E-state index is -4.73. The zero-order chi connectivity index (χ0) is 16.5. The molecule has 2 rings (SSSR count). The van der Waals surface area contributed by atoms with Crippen molar-refractivity contribution in [2.75, 3.05) is 5.73 Å². The van der Waals surface area contributed by atoms with Crippen LogP contribution in [0.15, 0.2) is 24.3 Å². The molecular weight excluding hydrogens is 317 g/mol. The Morgan fingerprint density at radius 3 is 2.36 bits per heavy atom. The van der Waals surface area contributed by atoms with Crippen LogP contribution in [0.2, 0.25) is 0 Å². The van der Waals surface area contributed by atoms with Crippen LogP contribution in [0.25, 0.3) is 10.6 Å². The number of anilines is 1. The number of nitrogens with two attached hydrogens (primary N) is 1. The number of thiazole rings is 1. The molecule has 2 aromatic rings. The van der Waals surface area contributed by atoms with Crippen LogP contribution in [0, 0.1) is 0 Å². The van der Waals surface area contributed by atoms with Gasteiger partial charge >= 0.3 is 12.1 Å². The molecule has 0 amide bonds. The topological polar surface area (TPSA) is 65.2 Å². The summed E-state index contributed by atoms with van der Waals surface area (Å²) in [5, 5.41) is 0.0861. The van der Waals surface area contributed by atoms with Gasteiger partial charge < -0.3 is 10.5 Å². The van der Waals surface area contributed by atoms with E-state index in [1.54, 1.807) is 38.1 Å². The number of nitrogen functional groups attached to an aromatic ring is 1. The molecule has 0 saturated carbocycles. The van der Waals surface area contributed by atoms with E-state index >= 15 is 0 Å². The number of hydrogen-bond donors (Lipinski definition) is 1. The predicted molar refractivity (Wildman–Crippen MR) is 77.5 cm³/mol. The molecule has 0 aliphatic carbocycles. The molecule has 0 fully saturated rings. The predicted octanol–water partition coefficient (Wildman–Crippen LogP) is 3.98. The summed E-state index contributed by atoms with van der Waals surface area (Å²) in [6.07, 6.45) is -5.25. The Morgan fingerprint density at radius 2 is 1.86 bits per heavy atom. The summed E-state index contributed by atoms with van der Waals surface area (Å²) < 4.78 is 44.0. The standard InChI is InChI=1S/C14H13F3N2O2S/c1-7(2)21-13(20)10-11(14(15,16)17)19-12(22-10)8-3-5-9(18)6-4-8/h3-7H,18H2,1-2H3. The lowest BCUT2D eigenvalue weighted by Crippen LogP contribution is -2.16. The molecule has 1 aromatic carbocycles. The highest BCUT2D eigenvalue weighted by molar-refractivity contribution is 7.17. The second-order valence-electron chi connectivity index (χ2n) is 4.77. The van der Waals surface area contributed by atoms with Gasteiger partial charge in [0.2, 0.25) is 0 Å². The summed E-state index contributed by atoms with van der Waals surface area (Å²) >= 11 is 0.649. The van der Waals surface area contributed by atoms with Crippen molar-refractivity contribution in [1.29, 1.82) is 0 Å². The van der Waals surface area contributed by atoms with Gasteiger partial charge in [-0.15, -0.1) is 11.3 Å². The fourth-order valence-corrected chi connectivity index (χ4v) is 2.64. The van der Waals surface area contributed by atoms with E-state index in [0.29, 0.717) is 22.6 Å². The van der Waals surface area contributed by atoms with Crippen molar-refractivity contribution in [3.63, 3.8) is 0 Å². The van der Waals surface area contributed by atoms with E-state index in [9.17, 15) is 18.0 Å². The molecular formula is C14H13F3N2O2S. The first-order chi connectivity index (χ1) is 10.2. The number of esters is 1. The summed E-state index contributed by atoms with van der Waals surface area (Å²) in [6.45, 7) is 3.13. The first-order valence-corrected chi connectivity index (χ1v) is 7.15. The lowest BCUT2D eigenvalue weighted by Gasteiger charge is -2.08. The highest BCUT2D eigenvalue weighted by Gasteiger charge is 2.40. The number of rotatable bonds is 3. The van der Waals surface area contributed by atoms with Gasteiger partial charge in [0.05, 0.1) is 6.10 Å². The van der Waals surface area contributed by atoms with E-state index in [2.05, 4.69) is 4.98 Å². The number of ether oxygens (including phenoxy) is 1. The number of aromatic nitrogens is 1. The number of alkyl halides is 3. The average Bonchev–Trinajstić information content (AvgIpc) is 2.83. The maximum atomic E-state index is 13.1. The lowest BCUT2D eigenvalue weighted by molar-refractivity contribution is -0.141. The second kappa shape index (κ2) is 5.96. The van der Waals surface area contributed by atoms with Crippen molar-refractivity contribution in [3.8, 4) is 10.6 Å². The summed E-state index contributed by atoms with van der Waals surface area (Å²) in [6, 6.07) is 6.20. The Labute approximate surface area is 128 Å². The van der Waals surface area contributed by atoms with Gasteiger partial charge in [-0.3, -0.25) is 0 Å². The van der Waals surface area contributed by atoms with Gasteiger partial charge in [0, 0.05) is 11.3 Å². The largest absolute Gasteiger partial charge is 0.459 e. The van der Waals surface area contributed by atoms with Gasteiger partial charge in [-0.1, -0.05) is 0 Å². The summed E-state index contributed by atoms with van der Waals surface area (Å²) in [7, 11) is 0. The third-order valence-electron chi connectivity index (χ3n) is 2.58. The van der Waals surface area contributed by atoms with E-state index in [-0.39, 0.29) is 5.01 Å². The molecule has 1 heterocycles. The first-order valence-electron chi connectivity index (χ1n) is 6.33. The lowest BCUT2D eigenvalue weighted by atomic mass is 10.2. The SMILES string of the molecule is CC(C)OC(=O)c1sc(-c2ccc(N)cc2)nc1C(F)(F)F. The van der Waals surface area contributed by atoms with Gasteiger partial charge in [0.25, 0.3) is 0 Å². The smallest absolute Gasteiger partial charge is 0.435 e. The van der Waals surface area contributed by atoms with Crippen molar-refractivity contribution in [2.24, 2.45) is 0 Å². The molecule has 1 aromatic heterocycles. The molecule has 0 aliphatic rings. The number of nitrogens with zero attached hydrogens (tertiary/aromatic N) is 1. The third-order valence-corrected chi connectivity index (χ3v) is 3.67. The van der Waals surface area contributed by atoms with E-state index in [4.69, 9.17) is 10.5 Å². The van der Waals surface area contributed by atoms with Gasteiger partial charge in [0.1, 0.15) is 9.88 Å².